The first-order valence-corrected chi connectivity index (χ1v) is 12.2. The highest BCUT2D eigenvalue weighted by Crippen LogP contribution is 2.47. The maximum Gasteiger partial charge on any atom is 0.195 e. The Labute approximate surface area is 211 Å². The lowest BCUT2D eigenvalue weighted by Gasteiger charge is -2.19. The molecule has 0 radical (unpaired) electrons. The summed E-state index contributed by atoms with van der Waals surface area (Å²) in [4.78, 5) is 27.2. The molecular weight excluding hydrogens is 499 g/mol. The Bertz CT molecular complexity index is 2340. The molecule has 0 aromatic heterocycles. The molecule has 0 atom stereocenters. The van der Waals surface area contributed by atoms with Crippen molar-refractivity contribution in [3.8, 4) is 0 Å². The van der Waals surface area contributed by atoms with Gasteiger partial charge in [0, 0.05) is 47.7 Å². The molecule has 2 nitrogen and oxygen atoms in total. The van der Waals surface area contributed by atoms with Crippen molar-refractivity contribution in [1.82, 2.24) is 0 Å². The zero-order valence-corrected chi connectivity index (χ0v) is 20.1. The van der Waals surface area contributed by atoms with Gasteiger partial charge in [0.1, 0.15) is 0 Å². The maximum atomic E-state index is 13.6. The van der Waals surface area contributed by atoms with Gasteiger partial charge in [0.2, 0.25) is 0 Å². The first kappa shape index (κ1) is 19.8. The van der Waals surface area contributed by atoms with Gasteiger partial charge in [0.05, 0.1) is 10.4 Å². The molecule has 164 valence electrons. The van der Waals surface area contributed by atoms with Crippen LogP contribution in [0.25, 0.3) is 75.4 Å². The summed E-state index contributed by atoms with van der Waals surface area (Å²) in [5.41, 5.74) is -0.188. The lowest BCUT2D eigenvalue weighted by molar-refractivity contribution is 1.72. The summed E-state index contributed by atoms with van der Waals surface area (Å²) in [6.45, 7) is 0. The Morgan fingerprint density at radius 1 is 0.400 bits per heavy atom. The fourth-order valence-corrected chi connectivity index (χ4v) is 6.89. The molecule has 0 aliphatic carbocycles. The van der Waals surface area contributed by atoms with Crippen molar-refractivity contribution in [2.75, 3.05) is 0 Å². The van der Waals surface area contributed by atoms with Gasteiger partial charge in [0.15, 0.2) is 10.9 Å². The van der Waals surface area contributed by atoms with Crippen LogP contribution >= 0.6 is 34.8 Å². The van der Waals surface area contributed by atoms with Crippen LogP contribution in [0.15, 0.2) is 76.3 Å². The van der Waals surface area contributed by atoms with Crippen molar-refractivity contribution in [1.29, 1.82) is 0 Å². The molecule has 0 N–H and O–H groups in total. The highest BCUT2D eigenvalue weighted by molar-refractivity contribution is 6.47. The van der Waals surface area contributed by atoms with E-state index in [0.717, 1.165) is 48.5 Å². The summed E-state index contributed by atoms with van der Waals surface area (Å²) in [6, 6.07) is 20.7. The largest absolute Gasteiger partial charge is 0.289 e. The van der Waals surface area contributed by atoms with E-state index in [0.29, 0.717) is 42.0 Å². The molecule has 0 aliphatic heterocycles. The van der Waals surface area contributed by atoms with Gasteiger partial charge in [-0.1, -0.05) is 59.1 Å². The molecule has 0 saturated heterocycles. The van der Waals surface area contributed by atoms with Crippen molar-refractivity contribution in [3.05, 3.63) is 102 Å². The van der Waals surface area contributed by atoms with E-state index in [-0.39, 0.29) is 10.9 Å². The second-order valence-corrected chi connectivity index (χ2v) is 10.3. The van der Waals surface area contributed by atoms with E-state index < -0.39 is 0 Å². The zero-order valence-electron chi connectivity index (χ0n) is 17.8. The third-order valence-electron chi connectivity index (χ3n) is 7.48. The number of benzene rings is 8. The minimum absolute atomic E-state index is 0.0447. The Morgan fingerprint density at radius 3 is 1.57 bits per heavy atom. The number of hydrogen-bond acceptors (Lipinski definition) is 2. The Morgan fingerprint density at radius 2 is 0.914 bits per heavy atom. The van der Waals surface area contributed by atoms with Crippen LogP contribution in [0.4, 0.5) is 0 Å². The molecule has 8 aromatic rings. The van der Waals surface area contributed by atoms with Crippen molar-refractivity contribution in [2.24, 2.45) is 0 Å². The summed E-state index contributed by atoms with van der Waals surface area (Å²) in [7, 11) is 0. The highest BCUT2D eigenvalue weighted by atomic mass is 35.5. The third-order valence-corrected chi connectivity index (χ3v) is 8.43. The number of halogens is 3. The number of fused-ring (bicyclic) bond motifs is 4. The van der Waals surface area contributed by atoms with Crippen LogP contribution in [-0.2, 0) is 0 Å². The molecular formula is C30H11Cl3O2. The summed E-state index contributed by atoms with van der Waals surface area (Å²) in [5, 5.41) is 12.5. The maximum absolute atomic E-state index is 13.6. The fourth-order valence-electron chi connectivity index (χ4n) is 6.11. The van der Waals surface area contributed by atoms with E-state index in [1.807, 2.05) is 42.5 Å². The smallest absolute Gasteiger partial charge is 0.195 e. The summed E-state index contributed by atoms with van der Waals surface area (Å²) < 4.78 is 0. The molecule has 5 heteroatoms. The molecule has 8 rings (SSSR count). The Hall–Kier alpha value is -3.43. The third kappa shape index (κ3) is 2.24. The molecule has 0 aliphatic rings. The number of rotatable bonds is 0. The van der Waals surface area contributed by atoms with Gasteiger partial charge in [-0.05, 0) is 74.8 Å². The van der Waals surface area contributed by atoms with Gasteiger partial charge < -0.3 is 0 Å². The average Bonchev–Trinajstić information content (AvgIpc) is 2.86. The van der Waals surface area contributed by atoms with Crippen molar-refractivity contribution < 1.29 is 0 Å². The topological polar surface area (TPSA) is 34.1 Å². The Kier molecular flexibility index (Phi) is 3.63. The molecule has 0 fully saturated rings. The van der Waals surface area contributed by atoms with Crippen molar-refractivity contribution in [3.63, 3.8) is 0 Å². The van der Waals surface area contributed by atoms with Crippen LogP contribution < -0.4 is 10.9 Å². The molecule has 0 heterocycles. The standard InChI is InChI=1S/C30H11Cl3O2/c31-19-3-1-2-14-24(19)17-10-12-5-7-16-26-18(27-20(32)8-9-21(33)28(27)30(16)35)11-13-4-6-15(29(14)34)25(17)22(13)23(12)26/h1-11H. The van der Waals surface area contributed by atoms with Gasteiger partial charge in [0.25, 0.3) is 0 Å². The molecule has 35 heavy (non-hydrogen) atoms. The van der Waals surface area contributed by atoms with E-state index >= 15 is 0 Å². The van der Waals surface area contributed by atoms with Crippen LogP contribution in [0, 0.1) is 0 Å². The minimum atomic E-state index is -0.144. The van der Waals surface area contributed by atoms with Crippen molar-refractivity contribution in [2.45, 2.75) is 0 Å². The lowest BCUT2D eigenvalue weighted by Crippen LogP contribution is -2.06. The van der Waals surface area contributed by atoms with Crippen LogP contribution in [0.2, 0.25) is 15.1 Å². The van der Waals surface area contributed by atoms with Gasteiger partial charge in [-0.15, -0.1) is 0 Å². The number of hydrogen-bond donors (Lipinski definition) is 0. The zero-order chi connectivity index (χ0) is 23.7. The van der Waals surface area contributed by atoms with Gasteiger partial charge in [-0.2, -0.15) is 0 Å². The summed E-state index contributed by atoms with van der Waals surface area (Å²) in [5.74, 6) is 0. The minimum Gasteiger partial charge on any atom is -0.289 e. The quantitative estimate of drug-likeness (QED) is 0.151. The lowest BCUT2D eigenvalue weighted by atomic mass is 9.84. The van der Waals surface area contributed by atoms with Gasteiger partial charge >= 0.3 is 0 Å². The highest BCUT2D eigenvalue weighted by Gasteiger charge is 2.23. The second kappa shape index (κ2) is 6.41. The Balaban J connectivity index is 1.80. The first-order valence-electron chi connectivity index (χ1n) is 11.1. The predicted octanol–water partition coefficient (Wildman–Crippen LogP) is 8.75. The molecule has 8 aromatic carbocycles. The molecule has 0 bridgehead atoms. The normalized spacial score (nSPS) is 12.7. The predicted molar refractivity (Wildman–Crippen MR) is 150 cm³/mol. The van der Waals surface area contributed by atoms with E-state index in [9.17, 15) is 9.59 Å². The summed E-state index contributed by atoms with van der Waals surface area (Å²) in [6.07, 6.45) is 0. The summed E-state index contributed by atoms with van der Waals surface area (Å²) >= 11 is 19.8. The van der Waals surface area contributed by atoms with Gasteiger partial charge in [-0.25, -0.2) is 0 Å². The van der Waals surface area contributed by atoms with Crippen molar-refractivity contribution >= 4 is 110 Å². The molecule has 0 amide bonds. The van der Waals surface area contributed by atoms with E-state index in [1.54, 1.807) is 12.1 Å². The SMILES string of the molecule is O=c1c2cccc(Cl)c2c2cc3ccc4c(=O)c5c(Cl)ccc(Cl)c5c5cc6ccc1c2c6c3c45. The van der Waals surface area contributed by atoms with Crippen LogP contribution in [-0.4, -0.2) is 0 Å². The van der Waals surface area contributed by atoms with Crippen LogP contribution in [0.5, 0.6) is 0 Å². The van der Waals surface area contributed by atoms with Gasteiger partial charge in [-0.3, -0.25) is 9.59 Å². The van der Waals surface area contributed by atoms with E-state index in [2.05, 4.69) is 12.1 Å². The first-order chi connectivity index (χ1) is 17.0. The van der Waals surface area contributed by atoms with E-state index in [1.165, 1.54) is 0 Å². The molecule has 0 unspecified atom stereocenters. The second-order valence-electron chi connectivity index (χ2n) is 9.12. The van der Waals surface area contributed by atoms with E-state index in [4.69, 9.17) is 34.8 Å². The average molecular weight is 510 g/mol. The molecule has 0 saturated carbocycles. The van der Waals surface area contributed by atoms with Crippen LogP contribution in [0.1, 0.15) is 0 Å². The fraction of sp³-hybridized carbons (Fsp3) is 0. The van der Waals surface area contributed by atoms with Crippen LogP contribution in [0.3, 0.4) is 0 Å². The molecule has 0 spiro atoms. The monoisotopic (exact) mass is 508 g/mol.